The van der Waals surface area contributed by atoms with E-state index in [1.807, 2.05) is 6.08 Å². The second-order valence-electron chi connectivity index (χ2n) is 1.70. The summed E-state index contributed by atoms with van der Waals surface area (Å²) < 4.78 is 0. The first-order valence-corrected chi connectivity index (χ1v) is 2.73. The van der Waals surface area contributed by atoms with Crippen molar-refractivity contribution in [3.8, 4) is 0 Å². The van der Waals surface area contributed by atoms with Gasteiger partial charge in [-0.15, -0.1) is 0 Å². The summed E-state index contributed by atoms with van der Waals surface area (Å²) in [5, 5.41) is 0. The molecule has 0 aromatic heterocycles. The molecule has 0 heteroatoms. The Balaban J connectivity index is 2.39. The molecule has 0 heterocycles. The standard InChI is InChI=1S/C7H9/c1-2-4-6-7-5-3-1/h1-2,6H,3,5,7H2. The van der Waals surface area contributed by atoms with Crippen molar-refractivity contribution >= 4 is 0 Å². The summed E-state index contributed by atoms with van der Waals surface area (Å²) in [5.41, 5.74) is 0. The molecule has 0 amide bonds. The molecular weight excluding hydrogens is 84.1 g/mol. The van der Waals surface area contributed by atoms with Gasteiger partial charge in [-0.3, -0.25) is 0 Å². The highest BCUT2D eigenvalue weighted by Crippen LogP contribution is 2.01. The molecule has 1 aliphatic carbocycles. The van der Waals surface area contributed by atoms with Crippen LogP contribution in [-0.2, 0) is 0 Å². The number of hydrogen-bond donors (Lipinski definition) is 0. The van der Waals surface area contributed by atoms with Gasteiger partial charge in [-0.05, 0) is 25.3 Å². The van der Waals surface area contributed by atoms with Gasteiger partial charge in [0.05, 0.1) is 0 Å². The fourth-order valence-corrected chi connectivity index (χ4v) is 0.641. The van der Waals surface area contributed by atoms with Crippen molar-refractivity contribution in [1.82, 2.24) is 0 Å². The lowest BCUT2D eigenvalue weighted by Crippen LogP contribution is -1.62. The Morgan fingerprint density at radius 1 is 1.29 bits per heavy atom. The van der Waals surface area contributed by atoms with E-state index in [9.17, 15) is 0 Å². The lowest BCUT2D eigenvalue weighted by molar-refractivity contribution is 0.875. The molecule has 1 rings (SSSR count). The average Bonchev–Trinajstić information content (AvgIpc) is 1.90. The summed E-state index contributed by atoms with van der Waals surface area (Å²) >= 11 is 0. The Labute approximate surface area is 44.5 Å². The Bertz CT molecular complexity index is 76.2. The van der Waals surface area contributed by atoms with Crippen molar-refractivity contribution in [3.05, 3.63) is 24.3 Å². The van der Waals surface area contributed by atoms with Crippen molar-refractivity contribution in [1.29, 1.82) is 0 Å². The molecule has 0 saturated carbocycles. The Hall–Kier alpha value is -0.520. The third-order valence-electron chi connectivity index (χ3n) is 1.05. The van der Waals surface area contributed by atoms with E-state index in [2.05, 4.69) is 18.2 Å². The Morgan fingerprint density at radius 2 is 2.29 bits per heavy atom. The minimum atomic E-state index is 1.20. The van der Waals surface area contributed by atoms with E-state index in [4.69, 9.17) is 0 Å². The molecule has 0 spiro atoms. The molecule has 0 unspecified atom stereocenters. The minimum absolute atomic E-state index is 1.20. The zero-order valence-electron chi connectivity index (χ0n) is 4.35. The van der Waals surface area contributed by atoms with Gasteiger partial charge >= 0.3 is 0 Å². The van der Waals surface area contributed by atoms with Gasteiger partial charge in [-0.2, -0.15) is 0 Å². The normalized spacial score (nSPS) is 19.4. The van der Waals surface area contributed by atoms with Crippen LogP contribution in [0.2, 0.25) is 0 Å². The molecule has 0 aromatic carbocycles. The molecule has 0 aromatic rings. The zero-order valence-corrected chi connectivity index (χ0v) is 4.35. The lowest BCUT2D eigenvalue weighted by Gasteiger charge is -1.81. The zero-order chi connectivity index (χ0) is 4.95. The molecule has 0 saturated heterocycles. The smallest absolute Gasteiger partial charge is 0.0230 e. The van der Waals surface area contributed by atoms with Gasteiger partial charge in [-0.25, -0.2) is 0 Å². The quantitative estimate of drug-likeness (QED) is 0.430. The van der Waals surface area contributed by atoms with E-state index >= 15 is 0 Å². The van der Waals surface area contributed by atoms with Crippen LogP contribution in [0.25, 0.3) is 0 Å². The van der Waals surface area contributed by atoms with E-state index in [0.29, 0.717) is 0 Å². The third-order valence-corrected chi connectivity index (χ3v) is 1.05. The predicted molar refractivity (Wildman–Crippen MR) is 30.8 cm³/mol. The van der Waals surface area contributed by atoms with Crippen LogP contribution < -0.4 is 0 Å². The molecule has 0 N–H and O–H groups in total. The molecular formula is C7H9. The van der Waals surface area contributed by atoms with Gasteiger partial charge in [0.15, 0.2) is 0 Å². The number of hydrogen-bond acceptors (Lipinski definition) is 0. The predicted octanol–water partition coefficient (Wildman–Crippen LogP) is 2.09. The molecule has 1 aliphatic rings. The Morgan fingerprint density at radius 3 is 3.29 bits per heavy atom. The highest BCUT2D eigenvalue weighted by atomic mass is 13.9. The molecule has 0 fully saturated rings. The first kappa shape index (κ1) is 4.63. The second kappa shape index (κ2) is 2.62. The highest BCUT2D eigenvalue weighted by Gasteiger charge is 1.81. The highest BCUT2D eigenvalue weighted by molar-refractivity contribution is 4.97. The van der Waals surface area contributed by atoms with Crippen LogP contribution in [0.1, 0.15) is 19.3 Å². The van der Waals surface area contributed by atoms with E-state index in [0.717, 1.165) is 0 Å². The number of rotatable bonds is 0. The van der Waals surface area contributed by atoms with Crippen LogP contribution in [0.4, 0.5) is 0 Å². The summed E-state index contributed by atoms with van der Waals surface area (Å²) in [6.45, 7) is 0. The van der Waals surface area contributed by atoms with E-state index in [-0.39, 0.29) is 0 Å². The topological polar surface area (TPSA) is 0 Å². The van der Waals surface area contributed by atoms with Crippen LogP contribution >= 0.6 is 0 Å². The maximum absolute atomic E-state index is 3.04. The molecule has 7 heavy (non-hydrogen) atoms. The summed E-state index contributed by atoms with van der Waals surface area (Å²) in [4.78, 5) is 0. The lowest BCUT2D eigenvalue weighted by atomic mass is 10.2. The molecule has 37 valence electrons. The summed E-state index contributed by atoms with van der Waals surface area (Å²) in [5.74, 6) is 0. The maximum Gasteiger partial charge on any atom is -0.0230 e. The van der Waals surface area contributed by atoms with Crippen LogP contribution in [0, 0.1) is 6.08 Å². The summed E-state index contributed by atoms with van der Waals surface area (Å²) in [6.07, 6.45) is 13.0. The van der Waals surface area contributed by atoms with Crippen molar-refractivity contribution in [2.24, 2.45) is 0 Å². The van der Waals surface area contributed by atoms with Crippen LogP contribution in [0.5, 0.6) is 0 Å². The van der Waals surface area contributed by atoms with Crippen molar-refractivity contribution in [2.75, 3.05) is 0 Å². The second-order valence-corrected chi connectivity index (χ2v) is 1.70. The SMILES string of the molecule is [C]1=CCCCC=C1. The Kier molecular flexibility index (Phi) is 1.73. The van der Waals surface area contributed by atoms with Crippen LogP contribution in [0.3, 0.4) is 0 Å². The molecule has 0 atom stereocenters. The summed E-state index contributed by atoms with van der Waals surface area (Å²) in [7, 11) is 0. The van der Waals surface area contributed by atoms with Crippen LogP contribution in [0.15, 0.2) is 18.2 Å². The fourth-order valence-electron chi connectivity index (χ4n) is 0.641. The van der Waals surface area contributed by atoms with E-state index in [1.165, 1.54) is 19.3 Å². The number of allylic oxidation sites excluding steroid dienone is 4. The summed E-state index contributed by atoms with van der Waals surface area (Å²) in [6, 6.07) is 0. The van der Waals surface area contributed by atoms with Gasteiger partial charge in [0.1, 0.15) is 0 Å². The van der Waals surface area contributed by atoms with Gasteiger partial charge in [0.2, 0.25) is 0 Å². The molecule has 1 radical (unpaired) electrons. The van der Waals surface area contributed by atoms with Gasteiger partial charge in [0.25, 0.3) is 0 Å². The maximum atomic E-state index is 3.04. The fraction of sp³-hybridized carbons (Fsp3) is 0.429. The van der Waals surface area contributed by atoms with E-state index < -0.39 is 0 Å². The molecule has 0 bridgehead atoms. The van der Waals surface area contributed by atoms with Crippen molar-refractivity contribution in [3.63, 3.8) is 0 Å². The monoisotopic (exact) mass is 93.1 g/mol. The average molecular weight is 93.1 g/mol. The van der Waals surface area contributed by atoms with Gasteiger partial charge < -0.3 is 0 Å². The van der Waals surface area contributed by atoms with Crippen molar-refractivity contribution < 1.29 is 0 Å². The van der Waals surface area contributed by atoms with E-state index in [1.54, 1.807) is 0 Å². The van der Waals surface area contributed by atoms with Crippen LogP contribution in [-0.4, -0.2) is 0 Å². The van der Waals surface area contributed by atoms with Gasteiger partial charge in [0, 0.05) is 0 Å². The molecule has 0 nitrogen and oxygen atoms in total. The minimum Gasteiger partial charge on any atom is -0.0839 e. The van der Waals surface area contributed by atoms with Gasteiger partial charge in [-0.1, -0.05) is 18.2 Å². The first-order valence-electron chi connectivity index (χ1n) is 2.73. The first-order chi connectivity index (χ1) is 3.50. The van der Waals surface area contributed by atoms with Crippen molar-refractivity contribution in [2.45, 2.75) is 19.3 Å². The largest absolute Gasteiger partial charge is 0.0839 e. The third kappa shape index (κ3) is 1.58. The molecule has 0 aliphatic heterocycles.